The Balaban J connectivity index is 1.14. The van der Waals surface area contributed by atoms with E-state index in [2.05, 4.69) is 15.5 Å². The molecule has 0 unspecified atom stereocenters. The number of rotatable bonds is 7. The van der Waals surface area contributed by atoms with Crippen molar-refractivity contribution in [2.75, 3.05) is 24.2 Å². The van der Waals surface area contributed by atoms with Crippen molar-refractivity contribution in [3.05, 3.63) is 93.9 Å². The second kappa shape index (κ2) is 11.0. The summed E-state index contributed by atoms with van der Waals surface area (Å²) in [6.07, 6.45) is 1.56. The van der Waals surface area contributed by atoms with Crippen LogP contribution in [0.5, 0.6) is 0 Å². The number of benzene rings is 3. The van der Waals surface area contributed by atoms with Gasteiger partial charge in [-0.15, -0.1) is 11.8 Å². The molecule has 1 saturated heterocycles. The normalized spacial score (nSPS) is 14.0. The predicted molar refractivity (Wildman–Crippen MR) is 143 cm³/mol. The van der Waals surface area contributed by atoms with Gasteiger partial charge in [-0.05, 0) is 48.6 Å². The van der Waals surface area contributed by atoms with Crippen molar-refractivity contribution in [2.24, 2.45) is 0 Å². The fourth-order valence-electron chi connectivity index (χ4n) is 4.65. The molecule has 194 valence electrons. The van der Waals surface area contributed by atoms with Gasteiger partial charge in [-0.3, -0.25) is 24.8 Å². The number of piperidine rings is 1. The largest absolute Gasteiger partial charge is 0.337 e. The fourth-order valence-corrected chi connectivity index (χ4v) is 5.47. The van der Waals surface area contributed by atoms with Crippen LogP contribution in [-0.2, 0) is 4.79 Å². The first-order valence-corrected chi connectivity index (χ1v) is 13.1. The van der Waals surface area contributed by atoms with E-state index in [0.29, 0.717) is 34.8 Å². The van der Waals surface area contributed by atoms with E-state index in [1.807, 2.05) is 24.3 Å². The number of H-pyrrole nitrogens is 1. The van der Waals surface area contributed by atoms with Crippen LogP contribution in [0.4, 0.5) is 15.8 Å². The number of thioether (sulfide) groups is 1. The molecule has 0 saturated carbocycles. The smallest absolute Gasteiger partial charge is 0.282 e. The highest BCUT2D eigenvalue weighted by Gasteiger charge is 2.27. The maximum absolute atomic E-state index is 13.9. The minimum absolute atomic E-state index is 0.0192. The van der Waals surface area contributed by atoms with Crippen LogP contribution in [0.2, 0.25) is 0 Å². The van der Waals surface area contributed by atoms with Crippen molar-refractivity contribution < 1.29 is 18.9 Å². The second-order valence-electron chi connectivity index (χ2n) is 8.98. The highest BCUT2D eigenvalue weighted by atomic mass is 32.2. The first-order valence-electron chi connectivity index (χ1n) is 12.1. The van der Waals surface area contributed by atoms with Crippen molar-refractivity contribution >= 4 is 45.9 Å². The Kier molecular flexibility index (Phi) is 7.36. The Labute approximate surface area is 221 Å². The van der Waals surface area contributed by atoms with Gasteiger partial charge in [-0.1, -0.05) is 36.4 Å². The summed E-state index contributed by atoms with van der Waals surface area (Å²) in [5.41, 5.74) is 2.22. The van der Waals surface area contributed by atoms with Crippen LogP contribution in [0.1, 0.15) is 34.8 Å². The van der Waals surface area contributed by atoms with Crippen LogP contribution in [0.25, 0.3) is 10.9 Å². The Morgan fingerprint density at radius 3 is 2.55 bits per heavy atom. The number of hydrogen-bond donors (Lipinski definition) is 2. The number of anilines is 1. The molecule has 9 nitrogen and oxygen atoms in total. The number of nitro benzene ring substituents is 1. The van der Waals surface area contributed by atoms with Crippen molar-refractivity contribution in [3.63, 3.8) is 0 Å². The maximum Gasteiger partial charge on any atom is 0.282 e. The van der Waals surface area contributed by atoms with Crippen LogP contribution in [0, 0.1) is 15.9 Å². The van der Waals surface area contributed by atoms with E-state index in [0.717, 1.165) is 30.2 Å². The Morgan fingerprint density at radius 1 is 1.08 bits per heavy atom. The van der Waals surface area contributed by atoms with E-state index in [9.17, 15) is 24.1 Å². The second-order valence-corrected chi connectivity index (χ2v) is 10.0. The number of likely N-dealkylation sites (tertiary alicyclic amines) is 1. The molecule has 2 heterocycles. The highest BCUT2D eigenvalue weighted by Crippen LogP contribution is 2.31. The number of fused-ring (bicyclic) bond motifs is 1. The van der Waals surface area contributed by atoms with Crippen molar-refractivity contribution in [3.8, 4) is 0 Å². The summed E-state index contributed by atoms with van der Waals surface area (Å²) in [5.74, 6) is -0.576. The van der Waals surface area contributed by atoms with Crippen molar-refractivity contribution in [2.45, 2.75) is 23.7 Å². The molecule has 2 amide bonds. The number of nitrogens with one attached hydrogen (secondary N) is 2. The fraction of sp³-hybridized carbons (Fsp3) is 0.222. The molecule has 2 N–H and O–H groups in total. The summed E-state index contributed by atoms with van der Waals surface area (Å²) in [7, 11) is 0. The summed E-state index contributed by atoms with van der Waals surface area (Å²) < 4.78 is 13.9. The number of para-hydroxylation sites is 2. The summed E-state index contributed by atoms with van der Waals surface area (Å²) in [6, 6.07) is 18.5. The molecule has 1 aliphatic rings. The first-order chi connectivity index (χ1) is 18.4. The van der Waals surface area contributed by atoms with E-state index in [-0.39, 0.29) is 34.7 Å². The zero-order chi connectivity index (χ0) is 26.6. The lowest BCUT2D eigenvalue weighted by molar-refractivity contribution is -0.387. The van der Waals surface area contributed by atoms with Crippen LogP contribution in [0.3, 0.4) is 0 Å². The zero-order valence-electron chi connectivity index (χ0n) is 20.2. The number of carbonyl (C=O) groups excluding carboxylic acids is 2. The lowest BCUT2D eigenvalue weighted by Gasteiger charge is -2.32. The van der Waals surface area contributed by atoms with Gasteiger partial charge in [0.25, 0.3) is 11.6 Å². The van der Waals surface area contributed by atoms with E-state index in [4.69, 9.17) is 0 Å². The molecular formula is C27H24FN5O4S. The van der Waals surface area contributed by atoms with Crippen LogP contribution >= 0.6 is 11.8 Å². The summed E-state index contributed by atoms with van der Waals surface area (Å²) in [6.45, 7) is 1.14. The third-order valence-electron chi connectivity index (χ3n) is 6.62. The molecule has 11 heteroatoms. The number of nitrogens with zero attached hydrogens (tertiary/aromatic N) is 3. The molecule has 3 aromatic carbocycles. The van der Waals surface area contributed by atoms with Gasteiger partial charge in [0.1, 0.15) is 11.2 Å². The third kappa shape index (κ3) is 5.37. The predicted octanol–water partition coefficient (Wildman–Crippen LogP) is 5.36. The molecular weight excluding hydrogens is 509 g/mol. The molecule has 38 heavy (non-hydrogen) atoms. The van der Waals surface area contributed by atoms with Gasteiger partial charge in [0.2, 0.25) is 5.91 Å². The zero-order valence-corrected chi connectivity index (χ0v) is 21.0. The maximum atomic E-state index is 13.9. The van der Waals surface area contributed by atoms with Gasteiger partial charge in [-0.2, -0.15) is 5.10 Å². The van der Waals surface area contributed by atoms with E-state index in [1.54, 1.807) is 35.2 Å². The molecule has 5 rings (SSSR count). The number of carbonyl (C=O) groups is 2. The van der Waals surface area contributed by atoms with Crippen LogP contribution in [0.15, 0.2) is 71.6 Å². The summed E-state index contributed by atoms with van der Waals surface area (Å²) in [4.78, 5) is 38.3. The molecule has 0 radical (unpaired) electrons. The van der Waals surface area contributed by atoms with Gasteiger partial charge >= 0.3 is 0 Å². The van der Waals surface area contributed by atoms with Gasteiger partial charge in [0, 0.05) is 30.2 Å². The topological polar surface area (TPSA) is 121 Å². The van der Waals surface area contributed by atoms with Gasteiger partial charge in [-0.25, -0.2) is 4.39 Å². The van der Waals surface area contributed by atoms with Crippen LogP contribution in [-0.4, -0.2) is 50.7 Å². The van der Waals surface area contributed by atoms with Crippen molar-refractivity contribution in [1.29, 1.82) is 0 Å². The Morgan fingerprint density at radius 2 is 1.82 bits per heavy atom. The minimum Gasteiger partial charge on any atom is -0.337 e. The Bertz CT molecular complexity index is 1500. The number of amides is 2. The number of nitro groups is 1. The molecule has 1 aromatic heterocycles. The summed E-state index contributed by atoms with van der Waals surface area (Å²) in [5, 5.41) is 21.1. The van der Waals surface area contributed by atoms with E-state index < -0.39 is 10.7 Å². The third-order valence-corrected chi connectivity index (χ3v) is 7.68. The molecule has 1 fully saturated rings. The van der Waals surface area contributed by atoms with Gasteiger partial charge in [0.05, 0.1) is 15.6 Å². The molecule has 0 aliphatic carbocycles. The first kappa shape index (κ1) is 25.4. The Hall–Kier alpha value is -4.25. The SMILES string of the molecule is O=C(CSc1ccccc1[N+](=O)[O-])Nc1ccc(C2CCN(C(=O)c3[nH]nc4c(F)cccc34)CC2)cc1. The lowest BCUT2D eigenvalue weighted by Crippen LogP contribution is -2.38. The van der Waals surface area contributed by atoms with Gasteiger partial charge < -0.3 is 10.2 Å². The molecule has 4 aromatic rings. The molecule has 1 aliphatic heterocycles. The highest BCUT2D eigenvalue weighted by molar-refractivity contribution is 8.00. The number of aromatic amines is 1. The van der Waals surface area contributed by atoms with Crippen LogP contribution < -0.4 is 5.32 Å². The number of halogens is 1. The van der Waals surface area contributed by atoms with Gasteiger partial charge in [0.15, 0.2) is 5.82 Å². The molecule has 0 spiro atoms. The quantitative estimate of drug-likeness (QED) is 0.187. The van der Waals surface area contributed by atoms with Crippen molar-refractivity contribution in [1.82, 2.24) is 15.1 Å². The summed E-state index contributed by atoms with van der Waals surface area (Å²) >= 11 is 1.12. The molecule has 0 atom stereocenters. The monoisotopic (exact) mass is 533 g/mol. The lowest BCUT2D eigenvalue weighted by atomic mass is 9.89. The molecule has 0 bridgehead atoms. The average Bonchev–Trinajstić information content (AvgIpc) is 3.38. The number of aromatic nitrogens is 2. The van der Waals surface area contributed by atoms with E-state index >= 15 is 0 Å². The van der Waals surface area contributed by atoms with E-state index in [1.165, 1.54) is 12.1 Å². The number of hydrogen-bond acceptors (Lipinski definition) is 6. The standard InChI is InChI=1S/C27H24FN5O4S/c28-21-5-3-4-20-25(21)30-31-26(20)27(35)32-14-12-18(13-15-32)17-8-10-19(11-9-17)29-24(34)16-38-23-7-2-1-6-22(23)33(36)37/h1-11,18H,12-16H2,(H,29,34)(H,30,31). The minimum atomic E-state index is -0.463. The average molecular weight is 534 g/mol.